The molecule has 0 bridgehead atoms. The van der Waals surface area contributed by atoms with Gasteiger partial charge in [-0.25, -0.2) is 0 Å². The zero-order valence-corrected chi connectivity index (χ0v) is 11.7. The van der Waals surface area contributed by atoms with Crippen molar-refractivity contribution in [3.63, 3.8) is 0 Å². The Balaban J connectivity index is 1.64. The maximum Gasteiger partial charge on any atom is 0.00201 e. The average Bonchev–Trinajstić information content (AvgIpc) is 2.95. The van der Waals surface area contributed by atoms with E-state index in [2.05, 4.69) is 30.4 Å². The van der Waals surface area contributed by atoms with E-state index in [-0.39, 0.29) is 0 Å². The maximum atomic E-state index is 2.59. The lowest BCUT2D eigenvalue weighted by Gasteiger charge is -2.58. The molecule has 0 amide bonds. The van der Waals surface area contributed by atoms with Crippen LogP contribution in [0.5, 0.6) is 0 Å². The zero-order chi connectivity index (χ0) is 12.4. The van der Waals surface area contributed by atoms with Crippen LogP contribution in [0.3, 0.4) is 0 Å². The van der Waals surface area contributed by atoms with Crippen molar-refractivity contribution in [2.75, 3.05) is 0 Å². The molecule has 3 fully saturated rings. The first-order valence-corrected chi connectivity index (χ1v) is 8.48. The van der Waals surface area contributed by atoms with Gasteiger partial charge in [0.25, 0.3) is 0 Å². The van der Waals surface area contributed by atoms with Gasteiger partial charge >= 0.3 is 0 Å². The van der Waals surface area contributed by atoms with Gasteiger partial charge in [-0.15, -0.1) is 0 Å². The number of fused-ring (bicyclic) bond motifs is 3. The van der Waals surface area contributed by atoms with Crippen LogP contribution in [0.2, 0.25) is 0 Å². The van der Waals surface area contributed by atoms with Gasteiger partial charge in [0, 0.05) is 5.92 Å². The van der Waals surface area contributed by atoms with Crippen LogP contribution in [0.1, 0.15) is 38.5 Å². The minimum Gasteiger partial charge on any atom is -0.0879 e. The van der Waals surface area contributed by atoms with Crippen LogP contribution in [0.15, 0.2) is 36.0 Å². The van der Waals surface area contributed by atoms with Crippen LogP contribution in [0.25, 0.3) is 0 Å². The Bertz CT molecular complexity index is 480. The van der Waals surface area contributed by atoms with Gasteiger partial charge in [0.05, 0.1) is 0 Å². The van der Waals surface area contributed by atoms with E-state index in [1.807, 2.05) is 5.57 Å². The summed E-state index contributed by atoms with van der Waals surface area (Å²) in [5.74, 6) is 6.78. The van der Waals surface area contributed by atoms with Crippen molar-refractivity contribution in [3.05, 3.63) is 36.0 Å². The largest absolute Gasteiger partial charge is 0.0879 e. The molecule has 0 aliphatic heterocycles. The summed E-state index contributed by atoms with van der Waals surface area (Å²) in [7, 11) is 0. The minimum atomic E-state index is 0.815. The molecule has 0 heterocycles. The number of allylic oxidation sites excluding steroid dienone is 6. The molecule has 5 aliphatic carbocycles. The molecule has 0 radical (unpaired) electrons. The molecule has 0 nitrogen and oxygen atoms in total. The number of hydrogen-bond donors (Lipinski definition) is 0. The summed E-state index contributed by atoms with van der Waals surface area (Å²) >= 11 is 0. The van der Waals surface area contributed by atoms with E-state index < -0.39 is 0 Å². The third-order valence-electron chi connectivity index (χ3n) is 7.08. The molecule has 5 aliphatic rings. The fourth-order valence-corrected chi connectivity index (χ4v) is 6.56. The quantitative estimate of drug-likeness (QED) is 0.546. The molecule has 0 spiro atoms. The molecule has 5 rings (SSSR count). The second-order valence-corrected chi connectivity index (χ2v) is 7.60. The van der Waals surface area contributed by atoms with Crippen molar-refractivity contribution in [2.24, 2.45) is 41.4 Å². The van der Waals surface area contributed by atoms with Gasteiger partial charge < -0.3 is 0 Å². The predicted octanol–water partition coefficient (Wildman–Crippen LogP) is 4.75. The van der Waals surface area contributed by atoms with Crippen LogP contribution >= 0.6 is 0 Å². The Labute approximate surface area is 116 Å². The van der Waals surface area contributed by atoms with Crippen LogP contribution in [0, 0.1) is 41.4 Å². The van der Waals surface area contributed by atoms with Gasteiger partial charge in [0.1, 0.15) is 0 Å². The summed E-state index contributed by atoms with van der Waals surface area (Å²) in [6, 6.07) is 0. The lowest BCUT2D eigenvalue weighted by molar-refractivity contribution is -0.0347. The van der Waals surface area contributed by atoms with E-state index >= 15 is 0 Å². The fourth-order valence-electron chi connectivity index (χ4n) is 6.56. The Morgan fingerprint density at radius 3 is 2.95 bits per heavy atom. The van der Waals surface area contributed by atoms with Gasteiger partial charge in [0.2, 0.25) is 0 Å². The van der Waals surface area contributed by atoms with Gasteiger partial charge in [-0.05, 0) is 61.2 Å². The van der Waals surface area contributed by atoms with Crippen LogP contribution in [0.4, 0.5) is 0 Å². The second-order valence-electron chi connectivity index (χ2n) is 7.60. The summed E-state index contributed by atoms with van der Waals surface area (Å²) in [5.41, 5.74) is 1.84. The van der Waals surface area contributed by atoms with Crippen molar-refractivity contribution in [3.8, 4) is 0 Å². The molecular weight excluding hydrogens is 228 g/mol. The first-order valence-electron chi connectivity index (χ1n) is 8.48. The van der Waals surface area contributed by atoms with Gasteiger partial charge in [-0.2, -0.15) is 0 Å². The Hall–Kier alpha value is -0.780. The molecule has 3 saturated carbocycles. The highest BCUT2D eigenvalue weighted by molar-refractivity contribution is 5.35. The summed E-state index contributed by atoms with van der Waals surface area (Å²) in [6.07, 6.45) is 21.4. The molecule has 0 aromatic rings. The monoisotopic (exact) mass is 252 g/mol. The molecule has 0 saturated heterocycles. The molecule has 19 heavy (non-hydrogen) atoms. The van der Waals surface area contributed by atoms with E-state index in [1.54, 1.807) is 0 Å². The van der Waals surface area contributed by atoms with E-state index in [0.717, 1.165) is 41.4 Å². The predicted molar refractivity (Wildman–Crippen MR) is 78.5 cm³/mol. The smallest absolute Gasteiger partial charge is 0.00201 e. The molecular formula is C19H24. The first kappa shape index (κ1) is 10.9. The summed E-state index contributed by atoms with van der Waals surface area (Å²) in [6.45, 7) is 0. The highest BCUT2D eigenvalue weighted by Gasteiger charge is 2.54. The molecule has 0 aromatic heterocycles. The standard InChI is InChI=1S/C19H24/c1-4-12-10-11-13-5-2-9-17-15-7-3-6-14(15)16(8-1)18(12)19(13)17/h1,3-4,6-7,12-14,16-19H,2,5,8-11H2. The van der Waals surface area contributed by atoms with Gasteiger partial charge in [-0.3, -0.25) is 0 Å². The lowest BCUT2D eigenvalue weighted by Crippen LogP contribution is -2.51. The highest BCUT2D eigenvalue weighted by atomic mass is 14.6. The topological polar surface area (TPSA) is 0 Å². The number of rotatable bonds is 0. The van der Waals surface area contributed by atoms with Crippen molar-refractivity contribution >= 4 is 0 Å². The third kappa shape index (κ3) is 1.36. The van der Waals surface area contributed by atoms with E-state index in [1.165, 1.54) is 38.5 Å². The molecule has 0 heteroatoms. The minimum absolute atomic E-state index is 0.815. The van der Waals surface area contributed by atoms with Gasteiger partial charge in [0.15, 0.2) is 0 Å². The van der Waals surface area contributed by atoms with Gasteiger partial charge in [-0.1, -0.05) is 48.8 Å². The highest BCUT2D eigenvalue weighted by Crippen LogP contribution is 2.62. The van der Waals surface area contributed by atoms with E-state index in [4.69, 9.17) is 0 Å². The molecule has 100 valence electrons. The van der Waals surface area contributed by atoms with Crippen molar-refractivity contribution in [1.29, 1.82) is 0 Å². The third-order valence-corrected chi connectivity index (χ3v) is 7.08. The SMILES string of the molecule is C1=CC2C(=C1)C1CCCC3CCC4C=CCC2C4C31. The van der Waals surface area contributed by atoms with E-state index in [9.17, 15) is 0 Å². The van der Waals surface area contributed by atoms with E-state index in [0.29, 0.717) is 0 Å². The molecule has 0 aromatic carbocycles. The van der Waals surface area contributed by atoms with Crippen LogP contribution in [-0.2, 0) is 0 Å². The molecule has 7 atom stereocenters. The fraction of sp³-hybridized carbons (Fsp3) is 0.684. The second kappa shape index (κ2) is 3.87. The Morgan fingerprint density at radius 2 is 1.95 bits per heavy atom. The lowest BCUT2D eigenvalue weighted by atomic mass is 9.46. The summed E-state index contributed by atoms with van der Waals surface area (Å²) in [5, 5.41) is 0. The Kier molecular flexibility index (Phi) is 2.23. The maximum absolute atomic E-state index is 2.59. The molecule has 0 N–H and O–H groups in total. The average molecular weight is 252 g/mol. The van der Waals surface area contributed by atoms with Crippen molar-refractivity contribution in [2.45, 2.75) is 38.5 Å². The summed E-state index contributed by atoms with van der Waals surface area (Å²) < 4.78 is 0. The van der Waals surface area contributed by atoms with Crippen molar-refractivity contribution in [1.82, 2.24) is 0 Å². The molecule has 7 unspecified atom stereocenters. The summed E-state index contributed by atoms with van der Waals surface area (Å²) in [4.78, 5) is 0. The van der Waals surface area contributed by atoms with Crippen LogP contribution < -0.4 is 0 Å². The number of hydrogen-bond acceptors (Lipinski definition) is 0. The zero-order valence-electron chi connectivity index (χ0n) is 11.7. The van der Waals surface area contributed by atoms with Crippen LogP contribution in [-0.4, -0.2) is 0 Å². The van der Waals surface area contributed by atoms with Crippen molar-refractivity contribution < 1.29 is 0 Å². The first-order chi connectivity index (χ1) is 9.43. The normalized spacial score (nSPS) is 53.5. The Morgan fingerprint density at radius 1 is 0.947 bits per heavy atom.